The molecule has 3 rings (SSSR count). The lowest BCUT2D eigenvalue weighted by Gasteiger charge is -2.34. The zero-order chi connectivity index (χ0) is 14.7. The predicted molar refractivity (Wildman–Crippen MR) is 76.2 cm³/mol. The smallest absolute Gasteiger partial charge is 0.151 e. The average molecular weight is 289 g/mol. The molecule has 0 unspecified atom stereocenters. The van der Waals surface area contributed by atoms with E-state index in [1.807, 2.05) is 24.3 Å². The summed E-state index contributed by atoms with van der Waals surface area (Å²) in [4.78, 5) is 6.35. The van der Waals surface area contributed by atoms with Gasteiger partial charge in [-0.15, -0.1) is 0 Å². The minimum atomic E-state index is -0.484. The summed E-state index contributed by atoms with van der Waals surface area (Å²) in [7, 11) is 0. The van der Waals surface area contributed by atoms with Crippen LogP contribution in [-0.2, 0) is 6.54 Å². The SMILES string of the molecule is OC[C@H]1CCN(Cc2cc(-c3ccccn3)no2)C[C@H]1O. The third-order valence-corrected chi connectivity index (χ3v) is 3.91. The standard InChI is InChI=1S/C15H19N3O3/c19-10-11-4-6-18(9-15(11)20)8-12-7-14(17-21-12)13-3-1-2-5-16-13/h1-3,5,7,11,15,19-20H,4,6,8-10H2/t11-,15-/m1/s1. The number of aliphatic hydroxyl groups is 2. The van der Waals surface area contributed by atoms with Crippen LogP contribution in [-0.4, -0.2) is 51.1 Å². The van der Waals surface area contributed by atoms with Crippen LogP contribution < -0.4 is 0 Å². The van der Waals surface area contributed by atoms with Gasteiger partial charge in [0.15, 0.2) is 5.76 Å². The molecule has 2 aromatic rings. The van der Waals surface area contributed by atoms with E-state index in [2.05, 4.69) is 15.0 Å². The first-order chi connectivity index (χ1) is 10.3. The average Bonchev–Trinajstić information content (AvgIpc) is 2.97. The molecule has 0 bridgehead atoms. The summed E-state index contributed by atoms with van der Waals surface area (Å²) in [5, 5.41) is 23.1. The number of aliphatic hydroxyl groups excluding tert-OH is 2. The largest absolute Gasteiger partial charge is 0.396 e. The molecule has 0 radical (unpaired) electrons. The monoisotopic (exact) mass is 289 g/mol. The number of nitrogens with zero attached hydrogens (tertiary/aromatic N) is 3. The Bertz CT molecular complexity index is 573. The van der Waals surface area contributed by atoms with Gasteiger partial charge in [-0.2, -0.15) is 0 Å². The van der Waals surface area contributed by atoms with E-state index in [1.54, 1.807) is 6.20 Å². The van der Waals surface area contributed by atoms with Crippen LogP contribution in [0.15, 0.2) is 35.0 Å². The lowest BCUT2D eigenvalue weighted by atomic mass is 9.95. The Morgan fingerprint density at radius 2 is 2.24 bits per heavy atom. The number of hydrogen-bond acceptors (Lipinski definition) is 6. The third kappa shape index (κ3) is 3.29. The molecular weight excluding hydrogens is 270 g/mol. The predicted octanol–water partition coefficient (Wildman–Crippen LogP) is 0.912. The van der Waals surface area contributed by atoms with E-state index < -0.39 is 6.10 Å². The number of piperidine rings is 1. The molecule has 21 heavy (non-hydrogen) atoms. The van der Waals surface area contributed by atoms with Gasteiger partial charge < -0.3 is 14.7 Å². The van der Waals surface area contributed by atoms with Crippen LogP contribution in [0.5, 0.6) is 0 Å². The van der Waals surface area contributed by atoms with Crippen molar-refractivity contribution >= 4 is 0 Å². The quantitative estimate of drug-likeness (QED) is 0.870. The maximum Gasteiger partial charge on any atom is 0.151 e. The first kappa shape index (κ1) is 14.2. The fourth-order valence-electron chi connectivity index (χ4n) is 2.65. The Morgan fingerprint density at radius 1 is 1.33 bits per heavy atom. The summed E-state index contributed by atoms with van der Waals surface area (Å²) < 4.78 is 5.35. The molecule has 1 aliphatic rings. The van der Waals surface area contributed by atoms with Gasteiger partial charge in [-0.25, -0.2) is 0 Å². The Morgan fingerprint density at radius 3 is 2.95 bits per heavy atom. The molecule has 2 aromatic heterocycles. The second-order valence-electron chi connectivity index (χ2n) is 5.43. The van der Waals surface area contributed by atoms with Gasteiger partial charge in [-0.05, 0) is 25.1 Å². The highest BCUT2D eigenvalue weighted by Gasteiger charge is 2.27. The van der Waals surface area contributed by atoms with Crippen molar-refractivity contribution in [2.75, 3.05) is 19.7 Å². The van der Waals surface area contributed by atoms with Crippen LogP contribution in [0.2, 0.25) is 0 Å². The summed E-state index contributed by atoms with van der Waals surface area (Å²) in [6.07, 6.45) is 2.03. The van der Waals surface area contributed by atoms with Crippen LogP contribution in [0.4, 0.5) is 0 Å². The second kappa shape index (κ2) is 6.34. The summed E-state index contributed by atoms with van der Waals surface area (Å²) in [5.74, 6) is 0.741. The van der Waals surface area contributed by atoms with E-state index in [1.165, 1.54) is 0 Å². The van der Waals surface area contributed by atoms with E-state index >= 15 is 0 Å². The number of aromatic nitrogens is 2. The maximum absolute atomic E-state index is 9.94. The van der Waals surface area contributed by atoms with Gasteiger partial charge in [-0.3, -0.25) is 9.88 Å². The molecule has 1 fully saturated rings. The Labute approximate surface area is 123 Å². The molecule has 0 amide bonds. The van der Waals surface area contributed by atoms with Gasteiger partial charge in [0.1, 0.15) is 5.69 Å². The molecule has 2 N–H and O–H groups in total. The maximum atomic E-state index is 9.94. The number of likely N-dealkylation sites (tertiary alicyclic amines) is 1. The van der Waals surface area contributed by atoms with Crippen molar-refractivity contribution in [2.24, 2.45) is 5.92 Å². The van der Waals surface area contributed by atoms with Gasteiger partial charge >= 0.3 is 0 Å². The minimum Gasteiger partial charge on any atom is -0.396 e. The normalized spacial score (nSPS) is 23.3. The molecule has 0 spiro atoms. The zero-order valence-corrected chi connectivity index (χ0v) is 11.7. The van der Waals surface area contributed by atoms with Crippen molar-refractivity contribution < 1.29 is 14.7 Å². The van der Waals surface area contributed by atoms with Crippen LogP contribution in [0, 0.1) is 5.92 Å². The molecule has 6 nitrogen and oxygen atoms in total. The van der Waals surface area contributed by atoms with Crippen LogP contribution in [0.3, 0.4) is 0 Å². The molecule has 0 aliphatic carbocycles. The second-order valence-corrected chi connectivity index (χ2v) is 5.43. The topological polar surface area (TPSA) is 82.6 Å². The van der Waals surface area contributed by atoms with Crippen molar-refractivity contribution in [3.8, 4) is 11.4 Å². The third-order valence-electron chi connectivity index (χ3n) is 3.91. The lowest BCUT2D eigenvalue weighted by molar-refractivity contribution is -0.00667. The van der Waals surface area contributed by atoms with Gasteiger partial charge in [0.05, 0.1) is 18.3 Å². The van der Waals surface area contributed by atoms with Gasteiger partial charge in [-0.1, -0.05) is 11.2 Å². The number of β-amino-alcohol motifs (C(OH)–C–C–N with tert-alkyl or cyclic N) is 1. The molecule has 2 atom stereocenters. The Hall–Kier alpha value is -1.76. The number of rotatable bonds is 4. The van der Waals surface area contributed by atoms with Crippen molar-refractivity contribution in [1.29, 1.82) is 0 Å². The van der Waals surface area contributed by atoms with Gasteiger partial charge in [0.25, 0.3) is 0 Å². The highest BCUT2D eigenvalue weighted by molar-refractivity contribution is 5.52. The molecular formula is C15H19N3O3. The fraction of sp³-hybridized carbons (Fsp3) is 0.467. The Balaban J connectivity index is 1.63. The van der Waals surface area contributed by atoms with Crippen molar-refractivity contribution in [2.45, 2.75) is 19.1 Å². The Kier molecular flexibility index (Phi) is 4.28. The van der Waals surface area contributed by atoms with Crippen molar-refractivity contribution in [1.82, 2.24) is 15.0 Å². The van der Waals surface area contributed by atoms with E-state index in [9.17, 15) is 5.11 Å². The van der Waals surface area contributed by atoms with E-state index in [0.717, 1.165) is 30.1 Å². The minimum absolute atomic E-state index is 0.0138. The van der Waals surface area contributed by atoms with E-state index in [0.29, 0.717) is 13.1 Å². The lowest BCUT2D eigenvalue weighted by Crippen LogP contribution is -2.44. The molecule has 3 heterocycles. The highest BCUT2D eigenvalue weighted by Crippen LogP contribution is 2.21. The number of pyridine rings is 1. The number of hydrogen-bond donors (Lipinski definition) is 2. The molecule has 1 saturated heterocycles. The first-order valence-electron chi connectivity index (χ1n) is 7.14. The van der Waals surface area contributed by atoms with Gasteiger partial charge in [0.2, 0.25) is 0 Å². The summed E-state index contributed by atoms with van der Waals surface area (Å²) in [6, 6.07) is 7.54. The van der Waals surface area contributed by atoms with Crippen LogP contribution in [0.25, 0.3) is 11.4 Å². The molecule has 112 valence electrons. The molecule has 0 saturated carbocycles. The van der Waals surface area contributed by atoms with Crippen LogP contribution in [0.1, 0.15) is 12.2 Å². The van der Waals surface area contributed by atoms with E-state index in [-0.39, 0.29) is 12.5 Å². The zero-order valence-electron chi connectivity index (χ0n) is 11.7. The van der Waals surface area contributed by atoms with Crippen molar-refractivity contribution in [3.05, 3.63) is 36.2 Å². The summed E-state index contributed by atoms with van der Waals surface area (Å²) >= 11 is 0. The molecule has 6 heteroatoms. The van der Waals surface area contributed by atoms with E-state index in [4.69, 9.17) is 9.63 Å². The van der Waals surface area contributed by atoms with Crippen LogP contribution >= 0.6 is 0 Å². The van der Waals surface area contributed by atoms with Crippen molar-refractivity contribution in [3.63, 3.8) is 0 Å². The first-order valence-corrected chi connectivity index (χ1v) is 7.14. The summed E-state index contributed by atoms with van der Waals surface area (Å²) in [6.45, 7) is 2.03. The molecule has 1 aliphatic heterocycles. The highest BCUT2D eigenvalue weighted by atomic mass is 16.5. The van der Waals surface area contributed by atoms with Gasteiger partial charge in [0, 0.05) is 31.3 Å². The fourth-order valence-corrected chi connectivity index (χ4v) is 2.65. The summed E-state index contributed by atoms with van der Waals surface area (Å²) in [5.41, 5.74) is 1.50. The molecule has 0 aromatic carbocycles.